The topological polar surface area (TPSA) is 43.4 Å². The van der Waals surface area contributed by atoms with Gasteiger partial charge in [-0.1, -0.05) is 40.2 Å². The zero-order valence-corrected chi connectivity index (χ0v) is 28.0. The van der Waals surface area contributed by atoms with Crippen molar-refractivity contribution in [3.05, 3.63) is 52.1 Å². The van der Waals surface area contributed by atoms with Crippen LogP contribution >= 0.6 is 0 Å². The minimum Gasteiger partial charge on any atom is -0.496 e. The first-order valence-electron chi connectivity index (χ1n) is 15.6. The second kappa shape index (κ2) is 17.0. The summed E-state index contributed by atoms with van der Waals surface area (Å²) in [5.41, 5.74) is 6.47. The molecule has 1 aliphatic carbocycles. The zero-order valence-electron chi connectivity index (χ0n) is 28.0. The molecule has 6 heteroatoms. The van der Waals surface area contributed by atoms with Crippen molar-refractivity contribution in [2.45, 2.75) is 98.3 Å². The van der Waals surface area contributed by atoms with E-state index in [0.717, 1.165) is 30.4 Å². The molecular formula is C35H58N2O4. The van der Waals surface area contributed by atoms with Crippen LogP contribution in [-0.2, 0) is 23.4 Å². The summed E-state index contributed by atoms with van der Waals surface area (Å²) in [6.07, 6.45) is 6.42. The van der Waals surface area contributed by atoms with Gasteiger partial charge in [0.2, 0.25) is 0 Å². The number of ether oxygens (including phenoxy) is 4. The SMILES string of the molecule is CC.CCOCc1cc(CN2CCCCC2)c(C)c(OC)c1.COc1ccc(C2(N(C)C)CC2)c(OC)c1C(C)C. The summed E-state index contributed by atoms with van der Waals surface area (Å²) in [6.45, 7) is 17.4. The van der Waals surface area contributed by atoms with Crippen LogP contribution in [-0.4, -0.2) is 64.9 Å². The van der Waals surface area contributed by atoms with Gasteiger partial charge in [-0.3, -0.25) is 9.80 Å². The number of benzene rings is 2. The van der Waals surface area contributed by atoms with Crippen molar-refractivity contribution in [3.8, 4) is 17.2 Å². The lowest BCUT2D eigenvalue weighted by Crippen LogP contribution is -2.29. The first-order valence-corrected chi connectivity index (χ1v) is 15.6. The highest BCUT2D eigenvalue weighted by molar-refractivity contribution is 5.55. The molecule has 4 rings (SSSR count). The Labute approximate surface area is 251 Å². The molecule has 0 amide bonds. The van der Waals surface area contributed by atoms with Gasteiger partial charge in [-0.15, -0.1) is 0 Å². The maximum absolute atomic E-state index is 5.75. The molecule has 1 saturated carbocycles. The Kier molecular flexibility index (Phi) is 14.5. The second-order valence-electron chi connectivity index (χ2n) is 11.4. The Morgan fingerprint density at radius 2 is 1.54 bits per heavy atom. The van der Waals surface area contributed by atoms with Crippen LogP contribution in [0.3, 0.4) is 0 Å². The van der Waals surface area contributed by atoms with E-state index in [1.54, 1.807) is 21.3 Å². The third-order valence-corrected chi connectivity index (χ3v) is 8.30. The van der Waals surface area contributed by atoms with Gasteiger partial charge in [0.25, 0.3) is 0 Å². The van der Waals surface area contributed by atoms with E-state index in [2.05, 4.69) is 68.9 Å². The molecule has 0 N–H and O–H groups in total. The van der Waals surface area contributed by atoms with Gasteiger partial charge in [-0.2, -0.15) is 0 Å². The monoisotopic (exact) mass is 570 g/mol. The highest BCUT2D eigenvalue weighted by Gasteiger charge is 2.48. The fourth-order valence-electron chi connectivity index (χ4n) is 5.81. The molecule has 1 heterocycles. The van der Waals surface area contributed by atoms with Gasteiger partial charge >= 0.3 is 0 Å². The first kappa shape index (κ1) is 34.9. The van der Waals surface area contributed by atoms with Crippen LogP contribution in [0.25, 0.3) is 0 Å². The largest absolute Gasteiger partial charge is 0.496 e. The Hall–Kier alpha value is -2.28. The zero-order chi connectivity index (χ0) is 30.6. The van der Waals surface area contributed by atoms with Gasteiger partial charge in [-0.05, 0) is 108 Å². The maximum atomic E-state index is 5.75. The van der Waals surface area contributed by atoms with E-state index in [9.17, 15) is 0 Å². The smallest absolute Gasteiger partial charge is 0.131 e. The van der Waals surface area contributed by atoms with Crippen LogP contribution in [0.1, 0.15) is 100 Å². The maximum Gasteiger partial charge on any atom is 0.131 e. The predicted molar refractivity (Wildman–Crippen MR) is 172 cm³/mol. The molecule has 0 atom stereocenters. The minimum absolute atomic E-state index is 0.154. The number of piperidine rings is 1. The molecule has 0 bridgehead atoms. The van der Waals surface area contributed by atoms with E-state index < -0.39 is 0 Å². The predicted octanol–water partition coefficient (Wildman–Crippen LogP) is 7.93. The lowest BCUT2D eigenvalue weighted by molar-refractivity contribution is 0.133. The summed E-state index contributed by atoms with van der Waals surface area (Å²) >= 11 is 0. The lowest BCUT2D eigenvalue weighted by atomic mass is 9.93. The number of methoxy groups -OCH3 is 3. The number of hydrogen-bond acceptors (Lipinski definition) is 6. The van der Waals surface area contributed by atoms with Crippen LogP contribution in [0.15, 0.2) is 24.3 Å². The Bertz CT molecular complexity index is 1060. The summed E-state index contributed by atoms with van der Waals surface area (Å²) in [7, 11) is 9.52. The molecule has 0 spiro atoms. The fraction of sp³-hybridized carbons (Fsp3) is 0.657. The van der Waals surface area contributed by atoms with Crippen molar-refractivity contribution in [2.24, 2.45) is 0 Å². The van der Waals surface area contributed by atoms with E-state index in [-0.39, 0.29) is 5.54 Å². The molecule has 6 nitrogen and oxygen atoms in total. The third kappa shape index (κ3) is 8.86. The van der Waals surface area contributed by atoms with E-state index >= 15 is 0 Å². The minimum atomic E-state index is 0.154. The van der Waals surface area contributed by atoms with Gasteiger partial charge in [0, 0.05) is 29.8 Å². The summed E-state index contributed by atoms with van der Waals surface area (Å²) in [5, 5.41) is 0. The Morgan fingerprint density at radius 1 is 0.902 bits per heavy atom. The van der Waals surface area contributed by atoms with Crippen molar-refractivity contribution < 1.29 is 18.9 Å². The molecule has 2 aliphatic rings. The van der Waals surface area contributed by atoms with Crippen LogP contribution < -0.4 is 14.2 Å². The Morgan fingerprint density at radius 3 is 2.02 bits per heavy atom. The quantitative estimate of drug-likeness (QED) is 0.273. The average Bonchev–Trinajstić information content (AvgIpc) is 3.80. The van der Waals surface area contributed by atoms with Gasteiger partial charge in [0.1, 0.15) is 17.2 Å². The summed E-state index contributed by atoms with van der Waals surface area (Å²) in [5.74, 6) is 3.28. The molecule has 2 aromatic rings. The fourth-order valence-corrected chi connectivity index (χ4v) is 5.81. The van der Waals surface area contributed by atoms with Gasteiger partial charge in [0.05, 0.1) is 27.9 Å². The number of likely N-dealkylation sites (tertiary alicyclic amines) is 1. The standard InChI is InChI=1S/C17H27NO2.C16H25NO2.C2H6/c1-4-20-13-15-10-16(14(2)17(11-15)19-3)12-18-8-6-5-7-9-18;1-11(2)14-13(18-5)8-7-12(15(14)19-6)16(9-10-16)17(3)4;1-2/h10-11H,4-9,12-13H2,1-3H3;7-8,11H,9-10H2,1-6H3;1-2H3. The van der Waals surface area contributed by atoms with Gasteiger partial charge in [0.15, 0.2) is 0 Å². The number of rotatable bonds is 11. The molecule has 0 unspecified atom stereocenters. The summed E-state index contributed by atoms with van der Waals surface area (Å²) in [4.78, 5) is 4.86. The third-order valence-electron chi connectivity index (χ3n) is 8.30. The molecule has 232 valence electrons. The van der Waals surface area contributed by atoms with Crippen molar-refractivity contribution in [1.29, 1.82) is 0 Å². The van der Waals surface area contributed by atoms with E-state index in [1.807, 2.05) is 20.8 Å². The average molecular weight is 571 g/mol. The van der Waals surface area contributed by atoms with Crippen LogP contribution in [0, 0.1) is 6.92 Å². The van der Waals surface area contributed by atoms with Crippen LogP contribution in [0.4, 0.5) is 0 Å². The molecular weight excluding hydrogens is 512 g/mol. The molecule has 0 aromatic heterocycles. The molecule has 1 aliphatic heterocycles. The van der Waals surface area contributed by atoms with Crippen LogP contribution in [0.2, 0.25) is 0 Å². The molecule has 1 saturated heterocycles. The van der Waals surface area contributed by atoms with Crippen molar-refractivity contribution in [2.75, 3.05) is 55.1 Å². The van der Waals surface area contributed by atoms with Crippen molar-refractivity contribution in [3.63, 3.8) is 0 Å². The molecule has 2 aromatic carbocycles. The van der Waals surface area contributed by atoms with Gasteiger partial charge < -0.3 is 18.9 Å². The van der Waals surface area contributed by atoms with E-state index in [0.29, 0.717) is 12.5 Å². The van der Waals surface area contributed by atoms with Gasteiger partial charge in [-0.25, -0.2) is 0 Å². The van der Waals surface area contributed by atoms with Crippen molar-refractivity contribution in [1.82, 2.24) is 9.80 Å². The highest BCUT2D eigenvalue weighted by atomic mass is 16.5. The lowest BCUT2D eigenvalue weighted by Gasteiger charge is -2.28. The van der Waals surface area contributed by atoms with Crippen molar-refractivity contribution >= 4 is 0 Å². The molecule has 0 radical (unpaired) electrons. The summed E-state index contributed by atoms with van der Waals surface area (Å²) < 4.78 is 22.3. The molecule has 2 fully saturated rings. The first-order chi connectivity index (χ1) is 19.7. The van der Waals surface area contributed by atoms with E-state index in [4.69, 9.17) is 18.9 Å². The summed E-state index contributed by atoms with van der Waals surface area (Å²) in [6, 6.07) is 8.63. The number of hydrogen-bond donors (Lipinski definition) is 0. The van der Waals surface area contributed by atoms with E-state index in [1.165, 1.54) is 73.0 Å². The second-order valence-corrected chi connectivity index (χ2v) is 11.4. The van der Waals surface area contributed by atoms with Crippen LogP contribution in [0.5, 0.6) is 17.2 Å². The highest BCUT2D eigenvalue weighted by Crippen LogP contribution is 2.55. The Balaban J connectivity index is 0.000000271. The normalized spacial score (nSPS) is 15.9. The number of nitrogens with zero attached hydrogens (tertiary/aromatic N) is 2. The molecule has 41 heavy (non-hydrogen) atoms.